The standard InChI is InChI=1S/C15H26N2O2S/c1-11(2)6-8-13(4)17-14-9-7-12(3)15(10-14)20(18,19)16-5/h7,9-11,13,16-17H,6,8H2,1-5H3. The minimum atomic E-state index is -3.40. The van der Waals surface area contributed by atoms with Gasteiger partial charge in [-0.1, -0.05) is 19.9 Å². The molecule has 0 saturated carbocycles. The number of sulfonamides is 1. The Labute approximate surface area is 123 Å². The van der Waals surface area contributed by atoms with Gasteiger partial charge in [0, 0.05) is 11.7 Å². The Balaban J connectivity index is 2.86. The topological polar surface area (TPSA) is 58.2 Å². The summed E-state index contributed by atoms with van der Waals surface area (Å²) in [6.07, 6.45) is 2.22. The smallest absolute Gasteiger partial charge is 0.240 e. The summed E-state index contributed by atoms with van der Waals surface area (Å²) in [7, 11) is -1.97. The van der Waals surface area contributed by atoms with Crippen LogP contribution in [-0.4, -0.2) is 21.5 Å². The maximum absolute atomic E-state index is 11.9. The fourth-order valence-corrected chi connectivity index (χ4v) is 3.02. The van der Waals surface area contributed by atoms with Gasteiger partial charge in [-0.15, -0.1) is 0 Å². The molecule has 0 aliphatic carbocycles. The van der Waals surface area contributed by atoms with Crippen molar-refractivity contribution >= 4 is 15.7 Å². The van der Waals surface area contributed by atoms with Gasteiger partial charge in [-0.2, -0.15) is 0 Å². The second-order valence-electron chi connectivity index (χ2n) is 5.70. The van der Waals surface area contributed by atoms with Crippen molar-refractivity contribution in [2.75, 3.05) is 12.4 Å². The van der Waals surface area contributed by atoms with E-state index in [4.69, 9.17) is 0 Å². The van der Waals surface area contributed by atoms with Crippen molar-refractivity contribution in [3.63, 3.8) is 0 Å². The molecule has 4 nitrogen and oxygen atoms in total. The molecular weight excluding hydrogens is 272 g/mol. The number of nitrogens with one attached hydrogen (secondary N) is 2. The van der Waals surface area contributed by atoms with Gasteiger partial charge in [0.2, 0.25) is 10.0 Å². The zero-order valence-corrected chi connectivity index (χ0v) is 13.8. The molecule has 20 heavy (non-hydrogen) atoms. The molecule has 0 amide bonds. The number of aryl methyl sites for hydroxylation is 1. The van der Waals surface area contributed by atoms with Crippen molar-refractivity contribution in [3.05, 3.63) is 23.8 Å². The lowest BCUT2D eigenvalue weighted by molar-refractivity contribution is 0.527. The third kappa shape index (κ3) is 4.80. The molecule has 1 atom stereocenters. The molecule has 1 aromatic carbocycles. The Kier molecular flexibility index (Phi) is 6.02. The molecule has 0 bridgehead atoms. The van der Waals surface area contributed by atoms with Gasteiger partial charge in [0.25, 0.3) is 0 Å². The normalized spacial score (nSPS) is 13.5. The molecule has 0 aliphatic rings. The average Bonchev–Trinajstić information content (AvgIpc) is 2.38. The van der Waals surface area contributed by atoms with Crippen molar-refractivity contribution in [2.24, 2.45) is 5.92 Å². The minimum absolute atomic E-state index is 0.324. The Hall–Kier alpha value is -1.07. The van der Waals surface area contributed by atoms with E-state index >= 15 is 0 Å². The lowest BCUT2D eigenvalue weighted by atomic mass is 10.0. The van der Waals surface area contributed by atoms with Crippen LogP contribution in [0.1, 0.15) is 39.2 Å². The molecule has 1 aromatic rings. The minimum Gasteiger partial charge on any atom is -0.383 e. The van der Waals surface area contributed by atoms with E-state index in [2.05, 4.69) is 30.8 Å². The van der Waals surface area contributed by atoms with Crippen LogP contribution >= 0.6 is 0 Å². The molecule has 2 N–H and O–H groups in total. The zero-order valence-electron chi connectivity index (χ0n) is 13.0. The van der Waals surface area contributed by atoms with Crippen LogP contribution in [0.3, 0.4) is 0 Å². The molecule has 1 rings (SSSR count). The molecule has 0 aromatic heterocycles. The van der Waals surface area contributed by atoms with Gasteiger partial charge in [-0.3, -0.25) is 0 Å². The molecule has 0 saturated heterocycles. The first-order chi connectivity index (χ1) is 9.26. The predicted molar refractivity (Wildman–Crippen MR) is 84.6 cm³/mol. The number of benzene rings is 1. The van der Waals surface area contributed by atoms with Crippen LogP contribution < -0.4 is 10.0 Å². The SMILES string of the molecule is CNS(=O)(=O)c1cc(NC(C)CCC(C)C)ccc1C. The summed E-state index contributed by atoms with van der Waals surface area (Å²) in [5, 5.41) is 3.37. The highest BCUT2D eigenvalue weighted by molar-refractivity contribution is 7.89. The van der Waals surface area contributed by atoms with Crippen LogP contribution in [0.15, 0.2) is 23.1 Å². The van der Waals surface area contributed by atoms with Crippen LogP contribution in [0.5, 0.6) is 0 Å². The van der Waals surface area contributed by atoms with Crippen molar-refractivity contribution in [2.45, 2.75) is 51.5 Å². The summed E-state index contributed by atoms with van der Waals surface area (Å²) in [5.74, 6) is 0.678. The number of hydrogen-bond acceptors (Lipinski definition) is 3. The van der Waals surface area contributed by atoms with E-state index in [0.29, 0.717) is 16.9 Å². The summed E-state index contributed by atoms with van der Waals surface area (Å²) >= 11 is 0. The van der Waals surface area contributed by atoms with Crippen LogP contribution in [0, 0.1) is 12.8 Å². The quantitative estimate of drug-likeness (QED) is 0.813. The van der Waals surface area contributed by atoms with E-state index < -0.39 is 10.0 Å². The molecule has 114 valence electrons. The molecule has 1 unspecified atom stereocenters. The van der Waals surface area contributed by atoms with Gasteiger partial charge in [-0.05, 0) is 57.4 Å². The van der Waals surface area contributed by atoms with E-state index in [-0.39, 0.29) is 0 Å². The van der Waals surface area contributed by atoms with Crippen molar-refractivity contribution in [1.29, 1.82) is 0 Å². The Morgan fingerprint density at radius 1 is 1.15 bits per heavy atom. The van der Waals surface area contributed by atoms with Crippen molar-refractivity contribution < 1.29 is 8.42 Å². The molecular formula is C15H26N2O2S. The van der Waals surface area contributed by atoms with Gasteiger partial charge in [0.15, 0.2) is 0 Å². The second kappa shape index (κ2) is 7.09. The molecule has 5 heteroatoms. The lowest BCUT2D eigenvalue weighted by Gasteiger charge is -2.17. The Morgan fingerprint density at radius 2 is 1.80 bits per heavy atom. The number of anilines is 1. The first-order valence-electron chi connectivity index (χ1n) is 7.07. The van der Waals surface area contributed by atoms with Gasteiger partial charge in [0.1, 0.15) is 0 Å². The fourth-order valence-electron chi connectivity index (χ4n) is 2.03. The number of rotatable bonds is 7. The van der Waals surface area contributed by atoms with Gasteiger partial charge in [-0.25, -0.2) is 13.1 Å². The highest BCUT2D eigenvalue weighted by Gasteiger charge is 2.15. The van der Waals surface area contributed by atoms with Crippen molar-refractivity contribution in [3.8, 4) is 0 Å². The van der Waals surface area contributed by atoms with Crippen LogP contribution in [0.4, 0.5) is 5.69 Å². The van der Waals surface area contributed by atoms with E-state index in [1.165, 1.54) is 7.05 Å². The average molecular weight is 298 g/mol. The highest BCUT2D eigenvalue weighted by atomic mass is 32.2. The summed E-state index contributed by atoms with van der Waals surface area (Å²) in [6, 6.07) is 5.79. The van der Waals surface area contributed by atoms with Gasteiger partial charge < -0.3 is 5.32 Å². The largest absolute Gasteiger partial charge is 0.383 e. The number of hydrogen-bond donors (Lipinski definition) is 2. The summed E-state index contributed by atoms with van der Waals surface area (Å²) in [4.78, 5) is 0.334. The zero-order chi connectivity index (χ0) is 15.3. The van der Waals surface area contributed by atoms with Crippen LogP contribution in [-0.2, 0) is 10.0 Å². The fraction of sp³-hybridized carbons (Fsp3) is 0.600. The van der Waals surface area contributed by atoms with E-state index in [9.17, 15) is 8.42 Å². The molecule has 0 spiro atoms. The van der Waals surface area contributed by atoms with Crippen LogP contribution in [0.2, 0.25) is 0 Å². The maximum atomic E-state index is 11.9. The van der Waals surface area contributed by atoms with Gasteiger partial charge in [0.05, 0.1) is 4.90 Å². The van der Waals surface area contributed by atoms with Crippen molar-refractivity contribution in [1.82, 2.24) is 4.72 Å². The third-order valence-electron chi connectivity index (χ3n) is 3.34. The Morgan fingerprint density at radius 3 is 2.35 bits per heavy atom. The first kappa shape index (κ1) is 17.0. The molecule has 0 fully saturated rings. The predicted octanol–water partition coefficient (Wildman–Crippen LogP) is 3.14. The lowest BCUT2D eigenvalue weighted by Crippen LogP contribution is -2.20. The molecule has 0 heterocycles. The summed E-state index contributed by atoms with van der Waals surface area (Å²) in [6.45, 7) is 8.33. The molecule has 0 radical (unpaired) electrons. The summed E-state index contributed by atoms with van der Waals surface area (Å²) < 4.78 is 26.2. The molecule has 0 aliphatic heterocycles. The van der Waals surface area contributed by atoms with Crippen LogP contribution in [0.25, 0.3) is 0 Å². The first-order valence-corrected chi connectivity index (χ1v) is 8.55. The maximum Gasteiger partial charge on any atom is 0.240 e. The van der Waals surface area contributed by atoms with E-state index in [1.807, 2.05) is 12.1 Å². The second-order valence-corrected chi connectivity index (χ2v) is 7.56. The summed E-state index contributed by atoms with van der Waals surface area (Å²) in [5.41, 5.74) is 1.60. The van der Waals surface area contributed by atoms with E-state index in [0.717, 1.165) is 24.1 Å². The highest BCUT2D eigenvalue weighted by Crippen LogP contribution is 2.21. The Bertz CT molecular complexity index is 539. The monoisotopic (exact) mass is 298 g/mol. The third-order valence-corrected chi connectivity index (χ3v) is 4.89. The van der Waals surface area contributed by atoms with Gasteiger partial charge >= 0.3 is 0 Å². The van der Waals surface area contributed by atoms with E-state index in [1.54, 1.807) is 13.0 Å².